The average molecular weight is 280 g/mol. The van der Waals surface area contributed by atoms with Crippen LogP contribution in [-0.4, -0.2) is 28.0 Å². The highest BCUT2D eigenvalue weighted by Crippen LogP contribution is 2.15. The summed E-state index contributed by atoms with van der Waals surface area (Å²) in [5, 5.41) is 11.0. The standard InChI is InChI=1S/C13H13FN2O2S/c1-16(6-11-7-19-8-15-11)5-9-2-3-10(14)4-12(9)13(17)18/h2-4,7-8H,5-6H2,1H3,(H,17,18). The normalized spacial score (nSPS) is 10.9. The number of hydrogen-bond acceptors (Lipinski definition) is 4. The molecule has 100 valence electrons. The second-order valence-corrected chi connectivity index (χ2v) is 4.98. The summed E-state index contributed by atoms with van der Waals surface area (Å²) in [6.45, 7) is 1.05. The Hall–Kier alpha value is -1.79. The highest BCUT2D eigenvalue weighted by atomic mass is 32.1. The molecule has 0 saturated heterocycles. The number of thiazole rings is 1. The van der Waals surface area contributed by atoms with Crippen LogP contribution in [0.15, 0.2) is 29.1 Å². The SMILES string of the molecule is CN(Cc1cscn1)Cc1ccc(F)cc1C(=O)O. The maximum absolute atomic E-state index is 13.1. The quantitative estimate of drug-likeness (QED) is 0.914. The van der Waals surface area contributed by atoms with E-state index in [1.165, 1.54) is 23.5 Å². The van der Waals surface area contributed by atoms with E-state index < -0.39 is 11.8 Å². The summed E-state index contributed by atoms with van der Waals surface area (Å²) in [4.78, 5) is 17.2. The number of carboxylic acids is 1. The molecule has 0 unspecified atom stereocenters. The molecule has 0 aliphatic heterocycles. The number of aromatic carboxylic acids is 1. The molecule has 0 fully saturated rings. The lowest BCUT2D eigenvalue weighted by Gasteiger charge is -2.16. The van der Waals surface area contributed by atoms with Gasteiger partial charge in [-0.3, -0.25) is 4.90 Å². The van der Waals surface area contributed by atoms with Crippen LogP contribution in [0.2, 0.25) is 0 Å². The van der Waals surface area contributed by atoms with E-state index in [1.54, 1.807) is 5.51 Å². The van der Waals surface area contributed by atoms with E-state index in [1.807, 2.05) is 17.3 Å². The smallest absolute Gasteiger partial charge is 0.336 e. The summed E-state index contributed by atoms with van der Waals surface area (Å²) < 4.78 is 13.1. The number of carboxylic acid groups (broad SMARTS) is 1. The zero-order valence-corrected chi connectivity index (χ0v) is 11.2. The molecule has 1 N–H and O–H groups in total. The second-order valence-electron chi connectivity index (χ2n) is 4.26. The maximum Gasteiger partial charge on any atom is 0.336 e. The van der Waals surface area contributed by atoms with Gasteiger partial charge >= 0.3 is 5.97 Å². The van der Waals surface area contributed by atoms with Crippen molar-refractivity contribution in [1.29, 1.82) is 0 Å². The second kappa shape index (κ2) is 5.90. The number of benzene rings is 1. The van der Waals surface area contributed by atoms with E-state index in [0.29, 0.717) is 18.7 Å². The molecular formula is C13H13FN2O2S. The van der Waals surface area contributed by atoms with Gasteiger partial charge in [-0.25, -0.2) is 14.2 Å². The van der Waals surface area contributed by atoms with Crippen molar-refractivity contribution in [3.63, 3.8) is 0 Å². The zero-order chi connectivity index (χ0) is 13.8. The van der Waals surface area contributed by atoms with E-state index in [-0.39, 0.29) is 5.56 Å². The van der Waals surface area contributed by atoms with Gasteiger partial charge in [0.05, 0.1) is 16.8 Å². The first-order valence-electron chi connectivity index (χ1n) is 5.63. The topological polar surface area (TPSA) is 53.4 Å². The summed E-state index contributed by atoms with van der Waals surface area (Å²) >= 11 is 1.52. The molecule has 4 nitrogen and oxygen atoms in total. The van der Waals surface area contributed by atoms with Gasteiger partial charge in [-0.1, -0.05) is 6.07 Å². The van der Waals surface area contributed by atoms with Crippen molar-refractivity contribution >= 4 is 17.3 Å². The predicted molar refractivity (Wildman–Crippen MR) is 70.6 cm³/mol. The third kappa shape index (κ3) is 3.59. The van der Waals surface area contributed by atoms with E-state index in [0.717, 1.165) is 11.8 Å². The summed E-state index contributed by atoms with van der Waals surface area (Å²) in [6, 6.07) is 3.84. The Morgan fingerprint density at radius 1 is 1.47 bits per heavy atom. The molecule has 0 atom stereocenters. The Kier molecular flexibility index (Phi) is 4.24. The van der Waals surface area contributed by atoms with Gasteiger partial charge in [0, 0.05) is 18.5 Å². The van der Waals surface area contributed by atoms with Gasteiger partial charge in [0.1, 0.15) is 5.82 Å². The summed E-state index contributed by atoms with van der Waals surface area (Å²) in [7, 11) is 1.87. The first-order chi connectivity index (χ1) is 9.06. The first-order valence-corrected chi connectivity index (χ1v) is 6.58. The molecule has 0 radical (unpaired) electrons. The molecule has 0 spiro atoms. The number of nitrogens with zero attached hydrogens (tertiary/aromatic N) is 2. The number of rotatable bonds is 5. The molecule has 0 amide bonds. The Bertz CT molecular complexity index is 572. The Labute approximate surface area is 114 Å². The molecule has 2 aromatic rings. The van der Waals surface area contributed by atoms with Gasteiger partial charge in [-0.05, 0) is 24.7 Å². The predicted octanol–water partition coefficient (Wildman–Crippen LogP) is 2.61. The van der Waals surface area contributed by atoms with Crippen molar-refractivity contribution in [1.82, 2.24) is 9.88 Å². The molecule has 1 aromatic heterocycles. The van der Waals surface area contributed by atoms with Gasteiger partial charge in [0.2, 0.25) is 0 Å². The van der Waals surface area contributed by atoms with Crippen LogP contribution < -0.4 is 0 Å². The van der Waals surface area contributed by atoms with E-state index in [4.69, 9.17) is 5.11 Å². The highest BCUT2D eigenvalue weighted by molar-refractivity contribution is 7.07. The summed E-state index contributed by atoms with van der Waals surface area (Å²) in [5.41, 5.74) is 3.28. The number of aromatic nitrogens is 1. The highest BCUT2D eigenvalue weighted by Gasteiger charge is 2.13. The fourth-order valence-electron chi connectivity index (χ4n) is 1.82. The fraction of sp³-hybridized carbons (Fsp3) is 0.231. The Morgan fingerprint density at radius 2 is 2.26 bits per heavy atom. The third-order valence-corrected chi connectivity index (χ3v) is 3.29. The van der Waals surface area contributed by atoms with E-state index in [2.05, 4.69) is 4.98 Å². The minimum Gasteiger partial charge on any atom is -0.478 e. The molecule has 6 heteroatoms. The van der Waals surface area contributed by atoms with E-state index in [9.17, 15) is 9.18 Å². The number of carbonyl (C=O) groups is 1. The minimum atomic E-state index is -1.11. The van der Waals surface area contributed by atoms with Gasteiger partial charge in [0.15, 0.2) is 0 Å². The van der Waals surface area contributed by atoms with Crippen LogP contribution in [0, 0.1) is 5.82 Å². The molecule has 1 aromatic carbocycles. The minimum absolute atomic E-state index is 0.00475. The summed E-state index contributed by atoms with van der Waals surface area (Å²) in [5.74, 6) is -1.65. The molecule has 0 aliphatic rings. The van der Waals surface area contributed by atoms with Crippen LogP contribution in [0.5, 0.6) is 0 Å². The lowest BCUT2D eigenvalue weighted by Crippen LogP contribution is -2.19. The van der Waals surface area contributed by atoms with Gasteiger partial charge < -0.3 is 5.11 Å². The first kappa shape index (κ1) is 13.6. The molecule has 0 aliphatic carbocycles. The molecular weight excluding hydrogens is 267 g/mol. The van der Waals surface area contributed by atoms with Crippen molar-refractivity contribution in [3.05, 3.63) is 51.7 Å². The lowest BCUT2D eigenvalue weighted by molar-refractivity contribution is 0.0694. The average Bonchev–Trinajstić information content (AvgIpc) is 2.83. The monoisotopic (exact) mass is 280 g/mol. The van der Waals surface area contributed by atoms with Crippen molar-refractivity contribution in [2.75, 3.05) is 7.05 Å². The molecule has 0 saturated carbocycles. The molecule has 1 heterocycles. The Balaban J connectivity index is 2.12. The largest absolute Gasteiger partial charge is 0.478 e. The fourth-order valence-corrected chi connectivity index (χ4v) is 2.37. The molecule has 19 heavy (non-hydrogen) atoms. The van der Waals surface area contributed by atoms with Crippen molar-refractivity contribution in [2.45, 2.75) is 13.1 Å². The van der Waals surface area contributed by atoms with Crippen molar-refractivity contribution in [2.24, 2.45) is 0 Å². The van der Waals surface area contributed by atoms with Crippen LogP contribution in [0.25, 0.3) is 0 Å². The summed E-state index contributed by atoms with van der Waals surface area (Å²) in [6.07, 6.45) is 0. The maximum atomic E-state index is 13.1. The van der Waals surface area contributed by atoms with Crippen molar-refractivity contribution < 1.29 is 14.3 Å². The van der Waals surface area contributed by atoms with Crippen LogP contribution in [0.1, 0.15) is 21.6 Å². The van der Waals surface area contributed by atoms with Gasteiger partial charge in [-0.2, -0.15) is 0 Å². The van der Waals surface area contributed by atoms with Crippen molar-refractivity contribution in [3.8, 4) is 0 Å². The van der Waals surface area contributed by atoms with E-state index >= 15 is 0 Å². The van der Waals surface area contributed by atoms with Crippen LogP contribution in [0.4, 0.5) is 4.39 Å². The number of hydrogen-bond donors (Lipinski definition) is 1. The molecule has 0 bridgehead atoms. The lowest BCUT2D eigenvalue weighted by atomic mass is 10.1. The van der Waals surface area contributed by atoms with Gasteiger partial charge in [-0.15, -0.1) is 11.3 Å². The van der Waals surface area contributed by atoms with Crippen LogP contribution >= 0.6 is 11.3 Å². The number of halogens is 1. The molecule has 2 rings (SSSR count). The Morgan fingerprint density at radius 3 is 2.89 bits per heavy atom. The zero-order valence-electron chi connectivity index (χ0n) is 10.3. The van der Waals surface area contributed by atoms with Crippen LogP contribution in [0.3, 0.4) is 0 Å². The van der Waals surface area contributed by atoms with Crippen LogP contribution in [-0.2, 0) is 13.1 Å². The third-order valence-electron chi connectivity index (χ3n) is 2.66. The van der Waals surface area contributed by atoms with Gasteiger partial charge in [0.25, 0.3) is 0 Å².